The molecular weight excluding hydrogens is 408 g/mol. The van der Waals surface area contributed by atoms with Gasteiger partial charge in [0.15, 0.2) is 11.5 Å². The largest absolute Gasteiger partial charge is 0.495 e. The van der Waals surface area contributed by atoms with Crippen LogP contribution in [-0.2, 0) is 14.8 Å². The molecule has 2 aromatic rings. The lowest BCUT2D eigenvalue weighted by Crippen LogP contribution is -2.41. The smallest absolute Gasteiger partial charge is 0.242 e. The number of hydrogen-bond acceptors (Lipinski definition) is 6. The molecule has 0 bridgehead atoms. The van der Waals surface area contributed by atoms with Crippen molar-refractivity contribution in [2.75, 3.05) is 26.6 Å². The summed E-state index contributed by atoms with van der Waals surface area (Å²) in [5, 5.41) is 2.99. The lowest BCUT2D eigenvalue weighted by atomic mass is 10.2. The van der Waals surface area contributed by atoms with Crippen LogP contribution in [0.5, 0.6) is 17.2 Å². The van der Waals surface area contributed by atoms with E-state index in [0.717, 1.165) is 0 Å². The predicted molar refractivity (Wildman–Crippen MR) is 106 cm³/mol. The highest BCUT2D eigenvalue weighted by Crippen LogP contribution is 2.30. The molecular formula is C18H21ClN2O6S. The van der Waals surface area contributed by atoms with E-state index in [1.165, 1.54) is 52.5 Å². The number of ether oxygens (including phenoxy) is 3. The fraction of sp³-hybridized carbons (Fsp3) is 0.278. The molecule has 0 aromatic heterocycles. The Morgan fingerprint density at radius 1 is 0.964 bits per heavy atom. The molecule has 0 unspecified atom stereocenters. The van der Waals surface area contributed by atoms with E-state index < -0.39 is 22.0 Å². The zero-order valence-electron chi connectivity index (χ0n) is 15.8. The molecule has 0 aliphatic heterocycles. The van der Waals surface area contributed by atoms with Crippen LogP contribution in [0, 0.1) is 0 Å². The minimum Gasteiger partial charge on any atom is -0.495 e. The molecule has 1 amide bonds. The first-order valence-electron chi connectivity index (χ1n) is 8.10. The lowest BCUT2D eigenvalue weighted by molar-refractivity contribution is -0.117. The van der Waals surface area contributed by atoms with Gasteiger partial charge in [0.05, 0.1) is 38.0 Å². The van der Waals surface area contributed by atoms with Crippen LogP contribution in [0.1, 0.15) is 6.92 Å². The summed E-state index contributed by atoms with van der Waals surface area (Å²) in [5.74, 6) is 0.462. The van der Waals surface area contributed by atoms with Crippen molar-refractivity contribution < 1.29 is 27.4 Å². The normalized spacial score (nSPS) is 12.2. The highest BCUT2D eigenvalue weighted by Gasteiger charge is 2.24. The average molecular weight is 429 g/mol. The molecule has 0 saturated carbocycles. The molecule has 8 nitrogen and oxygen atoms in total. The maximum Gasteiger partial charge on any atom is 0.242 e. The van der Waals surface area contributed by atoms with Gasteiger partial charge in [-0.1, -0.05) is 11.6 Å². The number of carbonyl (C=O) groups excluding carboxylic acids is 1. The fourth-order valence-corrected chi connectivity index (χ4v) is 3.75. The molecule has 28 heavy (non-hydrogen) atoms. The molecule has 0 saturated heterocycles. The van der Waals surface area contributed by atoms with Gasteiger partial charge in [0.1, 0.15) is 5.75 Å². The Morgan fingerprint density at radius 2 is 1.57 bits per heavy atom. The Labute approximate surface area is 168 Å². The van der Waals surface area contributed by atoms with Crippen LogP contribution in [0.25, 0.3) is 0 Å². The predicted octanol–water partition coefficient (Wildman–Crippen LogP) is 2.67. The minimum absolute atomic E-state index is 0.0647. The summed E-state index contributed by atoms with van der Waals surface area (Å²) in [4.78, 5) is 12.4. The number of methoxy groups -OCH3 is 3. The van der Waals surface area contributed by atoms with Crippen molar-refractivity contribution in [3.8, 4) is 17.2 Å². The van der Waals surface area contributed by atoms with Crippen LogP contribution < -0.4 is 24.2 Å². The summed E-state index contributed by atoms with van der Waals surface area (Å²) in [5.41, 5.74) is 0.331. The number of nitrogens with one attached hydrogen (secondary N) is 2. The molecule has 2 N–H and O–H groups in total. The second-order valence-corrected chi connectivity index (χ2v) is 7.84. The van der Waals surface area contributed by atoms with E-state index in [2.05, 4.69) is 10.0 Å². The van der Waals surface area contributed by atoms with Crippen molar-refractivity contribution in [3.05, 3.63) is 41.4 Å². The van der Waals surface area contributed by atoms with Crippen molar-refractivity contribution >= 4 is 33.2 Å². The van der Waals surface area contributed by atoms with Gasteiger partial charge in [0.2, 0.25) is 15.9 Å². The summed E-state index contributed by atoms with van der Waals surface area (Å²) in [6.45, 7) is 1.42. The molecule has 0 fully saturated rings. The van der Waals surface area contributed by atoms with E-state index in [-0.39, 0.29) is 10.6 Å². The van der Waals surface area contributed by atoms with Gasteiger partial charge in [-0.3, -0.25) is 4.79 Å². The second kappa shape index (κ2) is 9.13. The SMILES string of the molecule is COc1ccc(Cl)cc1NC(=O)[C@@H](C)NS(=O)(=O)c1ccc(OC)c(OC)c1. The number of benzene rings is 2. The number of sulfonamides is 1. The monoisotopic (exact) mass is 428 g/mol. The van der Waals surface area contributed by atoms with Gasteiger partial charge in [-0.2, -0.15) is 4.72 Å². The molecule has 2 rings (SSSR count). The van der Waals surface area contributed by atoms with Gasteiger partial charge in [0.25, 0.3) is 0 Å². The molecule has 1 atom stereocenters. The average Bonchev–Trinajstić information content (AvgIpc) is 2.67. The molecule has 152 valence electrons. The Balaban J connectivity index is 2.18. The fourth-order valence-electron chi connectivity index (χ4n) is 2.36. The summed E-state index contributed by atoms with van der Waals surface area (Å²) < 4.78 is 42.9. The molecule has 0 heterocycles. The van der Waals surface area contributed by atoms with Crippen LogP contribution in [0.4, 0.5) is 5.69 Å². The number of anilines is 1. The topological polar surface area (TPSA) is 103 Å². The summed E-state index contributed by atoms with van der Waals surface area (Å²) in [7, 11) is 0.309. The summed E-state index contributed by atoms with van der Waals surface area (Å²) >= 11 is 5.94. The first kappa shape index (κ1) is 21.8. The molecule has 0 radical (unpaired) electrons. The molecule has 0 aliphatic rings. The standard InChI is InChI=1S/C18H21ClN2O6S/c1-11(18(22)20-14-9-12(19)5-7-15(14)25-2)21-28(23,24)13-6-8-16(26-3)17(10-13)27-4/h5-11,21H,1-4H3,(H,20,22)/t11-/m1/s1. The van der Waals surface area contributed by atoms with Crippen molar-refractivity contribution in [1.29, 1.82) is 0 Å². The third-order valence-corrected chi connectivity index (χ3v) is 5.58. The van der Waals surface area contributed by atoms with Crippen LogP contribution in [-0.4, -0.2) is 41.7 Å². The number of halogens is 1. The van der Waals surface area contributed by atoms with Gasteiger partial charge in [0, 0.05) is 11.1 Å². The van der Waals surface area contributed by atoms with Gasteiger partial charge in [-0.05, 0) is 37.3 Å². The summed E-state index contributed by atoms with van der Waals surface area (Å²) in [6.07, 6.45) is 0. The molecule has 2 aromatic carbocycles. The number of rotatable bonds is 8. The molecule has 0 spiro atoms. The number of carbonyl (C=O) groups is 1. The zero-order chi connectivity index (χ0) is 20.9. The van der Waals surface area contributed by atoms with Crippen LogP contribution in [0.15, 0.2) is 41.3 Å². The van der Waals surface area contributed by atoms with E-state index in [1.54, 1.807) is 12.1 Å². The quantitative estimate of drug-likeness (QED) is 0.670. The van der Waals surface area contributed by atoms with E-state index in [0.29, 0.717) is 22.2 Å². The van der Waals surface area contributed by atoms with Crippen molar-refractivity contribution in [2.45, 2.75) is 17.9 Å². The lowest BCUT2D eigenvalue weighted by Gasteiger charge is -2.17. The number of hydrogen-bond donors (Lipinski definition) is 2. The summed E-state index contributed by atoms with van der Waals surface area (Å²) in [6, 6.07) is 7.78. The van der Waals surface area contributed by atoms with E-state index in [9.17, 15) is 13.2 Å². The van der Waals surface area contributed by atoms with Gasteiger partial charge >= 0.3 is 0 Å². The van der Waals surface area contributed by atoms with Crippen LogP contribution in [0.2, 0.25) is 5.02 Å². The third-order valence-electron chi connectivity index (χ3n) is 3.81. The highest BCUT2D eigenvalue weighted by molar-refractivity contribution is 7.89. The van der Waals surface area contributed by atoms with Crippen LogP contribution >= 0.6 is 11.6 Å². The maximum absolute atomic E-state index is 12.6. The van der Waals surface area contributed by atoms with Gasteiger partial charge < -0.3 is 19.5 Å². The Hall–Kier alpha value is -2.49. The second-order valence-electron chi connectivity index (χ2n) is 5.69. The first-order valence-corrected chi connectivity index (χ1v) is 9.96. The van der Waals surface area contributed by atoms with Crippen molar-refractivity contribution in [2.24, 2.45) is 0 Å². The molecule has 0 aliphatic carbocycles. The third kappa shape index (κ3) is 5.06. The Bertz CT molecular complexity index is 965. The van der Waals surface area contributed by atoms with Gasteiger partial charge in [-0.15, -0.1) is 0 Å². The Morgan fingerprint density at radius 3 is 2.18 bits per heavy atom. The van der Waals surface area contributed by atoms with E-state index in [1.807, 2.05) is 0 Å². The molecule has 10 heteroatoms. The van der Waals surface area contributed by atoms with E-state index in [4.69, 9.17) is 25.8 Å². The Kier molecular flexibility index (Phi) is 7.11. The highest BCUT2D eigenvalue weighted by atomic mass is 35.5. The minimum atomic E-state index is -3.98. The first-order chi connectivity index (χ1) is 13.2. The number of amides is 1. The zero-order valence-corrected chi connectivity index (χ0v) is 17.3. The van der Waals surface area contributed by atoms with E-state index >= 15 is 0 Å². The van der Waals surface area contributed by atoms with Crippen LogP contribution in [0.3, 0.4) is 0 Å². The van der Waals surface area contributed by atoms with Crippen molar-refractivity contribution in [1.82, 2.24) is 4.72 Å². The maximum atomic E-state index is 12.6. The van der Waals surface area contributed by atoms with Gasteiger partial charge in [-0.25, -0.2) is 8.42 Å². The van der Waals surface area contributed by atoms with Crippen molar-refractivity contribution in [3.63, 3.8) is 0 Å².